The zero-order chi connectivity index (χ0) is 58.5. The van der Waals surface area contributed by atoms with Gasteiger partial charge in [0.05, 0.1) is 0 Å². The summed E-state index contributed by atoms with van der Waals surface area (Å²) in [5.74, 6) is -0.879. The molecule has 0 bridgehead atoms. The highest BCUT2D eigenvalue weighted by atomic mass is 16.6. The van der Waals surface area contributed by atoms with Crippen molar-refractivity contribution >= 4 is 17.9 Å². The fourth-order valence-electron chi connectivity index (χ4n) is 10.2. The van der Waals surface area contributed by atoms with Crippen LogP contribution in [0.4, 0.5) is 0 Å². The molecule has 0 N–H and O–H groups in total. The largest absolute Gasteiger partial charge is 0.462 e. The third-order valence-electron chi connectivity index (χ3n) is 15.4. The van der Waals surface area contributed by atoms with Gasteiger partial charge in [-0.1, -0.05) is 343 Å². The van der Waals surface area contributed by atoms with Crippen molar-refractivity contribution < 1.29 is 28.6 Å². The lowest BCUT2D eigenvalue weighted by atomic mass is 10.0. The summed E-state index contributed by atoms with van der Waals surface area (Å²) in [6.07, 6.45) is 92.4. The monoisotopic (exact) mass is 1130 g/mol. The minimum atomic E-state index is -0.774. The fraction of sp³-hybridized carbons (Fsp3) is 0.773. The molecule has 1 atom stereocenters. The van der Waals surface area contributed by atoms with Gasteiger partial charge in [-0.05, 0) is 77.0 Å². The predicted molar refractivity (Wildman–Crippen MR) is 353 cm³/mol. The minimum Gasteiger partial charge on any atom is -0.462 e. The average molecular weight is 1130 g/mol. The first-order valence-electron chi connectivity index (χ1n) is 35.1. The summed E-state index contributed by atoms with van der Waals surface area (Å²) >= 11 is 0. The van der Waals surface area contributed by atoms with Crippen LogP contribution in [0.1, 0.15) is 355 Å². The zero-order valence-corrected chi connectivity index (χ0v) is 53.8. The van der Waals surface area contributed by atoms with Crippen molar-refractivity contribution in [2.45, 2.75) is 361 Å². The van der Waals surface area contributed by atoms with E-state index in [0.29, 0.717) is 19.3 Å². The molecule has 468 valence electrons. The molecular formula is C75H132O6. The number of carbonyl (C=O) groups is 3. The third kappa shape index (κ3) is 67.3. The first-order chi connectivity index (χ1) is 40.0. The lowest BCUT2D eigenvalue weighted by molar-refractivity contribution is -0.167. The van der Waals surface area contributed by atoms with Crippen LogP contribution in [0.5, 0.6) is 0 Å². The highest BCUT2D eigenvalue weighted by Gasteiger charge is 2.19. The molecule has 0 aliphatic carbocycles. The second-order valence-corrected chi connectivity index (χ2v) is 23.4. The molecule has 0 aliphatic rings. The Balaban J connectivity index is 4.00. The number of allylic oxidation sites excluding steroid dienone is 14. The van der Waals surface area contributed by atoms with Gasteiger partial charge in [0.1, 0.15) is 13.2 Å². The number of esters is 3. The van der Waals surface area contributed by atoms with Gasteiger partial charge in [-0.3, -0.25) is 14.4 Å². The molecule has 0 amide bonds. The Kier molecular flexibility index (Phi) is 66.2. The van der Waals surface area contributed by atoms with E-state index in [0.717, 1.165) is 116 Å². The number of hydrogen-bond donors (Lipinski definition) is 0. The Morgan fingerprint density at radius 1 is 0.259 bits per heavy atom. The van der Waals surface area contributed by atoms with Gasteiger partial charge in [0.25, 0.3) is 0 Å². The molecule has 6 nitrogen and oxygen atoms in total. The van der Waals surface area contributed by atoms with Crippen LogP contribution >= 0.6 is 0 Å². The second kappa shape index (κ2) is 69.1. The minimum absolute atomic E-state index is 0.0753. The average Bonchev–Trinajstić information content (AvgIpc) is 3.47. The number of carbonyl (C=O) groups excluding carboxylic acids is 3. The molecular weight excluding hydrogens is 997 g/mol. The van der Waals surface area contributed by atoms with Crippen LogP contribution in [0.3, 0.4) is 0 Å². The molecule has 0 spiro atoms. The van der Waals surface area contributed by atoms with Crippen LogP contribution in [0, 0.1) is 0 Å². The van der Waals surface area contributed by atoms with Crippen LogP contribution in [0.15, 0.2) is 85.1 Å². The molecule has 0 fully saturated rings. The van der Waals surface area contributed by atoms with Crippen molar-refractivity contribution in [2.75, 3.05) is 13.2 Å². The first-order valence-corrected chi connectivity index (χ1v) is 35.1. The molecule has 1 unspecified atom stereocenters. The van der Waals surface area contributed by atoms with Gasteiger partial charge in [-0.2, -0.15) is 0 Å². The fourth-order valence-corrected chi connectivity index (χ4v) is 10.2. The van der Waals surface area contributed by atoms with Crippen molar-refractivity contribution in [1.29, 1.82) is 0 Å². The highest BCUT2D eigenvalue weighted by molar-refractivity contribution is 5.71. The number of rotatable bonds is 64. The molecule has 0 heterocycles. The zero-order valence-electron chi connectivity index (χ0n) is 53.8. The maximum atomic E-state index is 12.9. The quantitative estimate of drug-likeness (QED) is 0.0261. The van der Waals surface area contributed by atoms with E-state index in [-0.39, 0.29) is 31.1 Å². The topological polar surface area (TPSA) is 78.9 Å². The normalized spacial score (nSPS) is 12.6. The lowest BCUT2D eigenvalue weighted by Gasteiger charge is -2.18. The Labute approximate surface area is 503 Å². The summed E-state index contributed by atoms with van der Waals surface area (Å²) in [6, 6.07) is 0. The van der Waals surface area contributed by atoms with Crippen molar-refractivity contribution in [3.8, 4) is 0 Å². The Morgan fingerprint density at radius 3 is 0.753 bits per heavy atom. The molecule has 0 saturated heterocycles. The highest BCUT2D eigenvalue weighted by Crippen LogP contribution is 2.18. The van der Waals surface area contributed by atoms with Gasteiger partial charge in [-0.25, -0.2) is 0 Å². The van der Waals surface area contributed by atoms with Crippen LogP contribution in [-0.2, 0) is 28.6 Å². The molecule has 0 aromatic carbocycles. The van der Waals surface area contributed by atoms with Crippen LogP contribution < -0.4 is 0 Å². The van der Waals surface area contributed by atoms with E-state index in [1.54, 1.807) is 0 Å². The van der Waals surface area contributed by atoms with Crippen LogP contribution in [0.2, 0.25) is 0 Å². The Bertz CT molecular complexity index is 1530. The van der Waals surface area contributed by atoms with E-state index < -0.39 is 6.10 Å². The first kappa shape index (κ1) is 77.6. The molecule has 6 heteroatoms. The Hall–Kier alpha value is -3.41. The van der Waals surface area contributed by atoms with E-state index in [1.165, 1.54) is 199 Å². The van der Waals surface area contributed by atoms with E-state index in [2.05, 4.69) is 106 Å². The lowest BCUT2D eigenvalue weighted by Crippen LogP contribution is -2.30. The molecule has 81 heavy (non-hydrogen) atoms. The van der Waals surface area contributed by atoms with E-state index in [1.807, 2.05) is 0 Å². The maximum Gasteiger partial charge on any atom is 0.306 e. The van der Waals surface area contributed by atoms with Gasteiger partial charge in [0.15, 0.2) is 6.10 Å². The smallest absolute Gasteiger partial charge is 0.306 e. The maximum absolute atomic E-state index is 12.9. The van der Waals surface area contributed by atoms with E-state index >= 15 is 0 Å². The third-order valence-corrected chi connectivity index (χ3v) is 15.4. The summed E-state index contributed by atoms with van der Waals surface area (Å²) in [6.45, 7) is 6.49. The van der Waals surface area contributed by atoms with Crippen LogP contribution in [0.25, 0.3) is 0 Å². The molecule has 0 saturated carbocycles. The molecule has 0 rings (SSSR count). The van der Waals surface area contributed by atoms with Crippen molar-refractivity contribution in [3.63, 3.8) is 0 Å². The number of ether oxygens (including phenoxy) is 3. The summed E-state index contributed by atoms with van der Waals surface area (Å²) in [5.41, 5.74) is 0. The standard InChI is InChI=1S/C75H132O6/c1-4-7-10-13-15-17-19-21-23-25-27-29-31-33-35-36-37-38-40-41-43-45-47-49-51-53-55-57-59-62-65-68-74(77)80-71-72(70-79-73(76)67-64-61-12-9-6-3)81-75(78)69-66-63-60-58-56-54-52-50-48-46-44-42-39-34-32-30-28-26-24-22-20-18-16-14-11-8-5-2/h7,10,15,17,21,23,27,29,33,35,37-38,41,43,72H,4-6,8-9,11-14,16,18-20,22,24-26,28,30-32,34,36,39-40,42,44-71H2,1-3H3/b10-7-,17-15-,23-21-,29-27-,35-33-,38-37-,43-41-. The molecule has 0 aromatic rings. The summed E-state index contributed by atoms with van der Waals surface area (Å²) in [7, 11) is 0. The SMILES string of the molecule is CC/C=C\C/C=C\C/C=C\C/C=C\C/C=C\C/C=C\C/C=C\CCCCCCCCCCCC(=O)OCC(COC(=O)CCCCCCC)OC(=O)CCCCCCCCCCCCCCCCCCCCCCCCCCCCC. The van der Waals surface area contributed by atoms with Crippen LogP contribution in [-0.4, -0.2) is 37.2 Å². The predicted octanol–water partition coefficient (Wildman–Crippen LogP) is 24.2. The molecule has 0 aliphatic heterocycles. The molecule has 0 radical (unpaired) electrons. The van der Waals surface area contributed by atoms with Gasteiger partial charge in [0, 0.05) is 19.3 Å². The van der Waals surface area contributed by atoms with Crippen molar-refractivity contribution in [3.05, 3.63) is 85.1 Å². The molecule has 0 aromatic heterocycles. The summed E-state index contributed by atoms with van der Waals surface area (Å²) < 4.78 is 16.8. The summed E-state index contributed by atoms with van der Waals surface area (Å²) in [4.78, 5) is 38.0. The van der Waals surface area contributed by atoms with Gasteiger partial charge in [0.2, 0.25) is 0 Å². The number of hydrogen-bond acceptors (Lipinski definition) is 6. The second-order valence-electron chi connectivity index (χ2n) is 23.4. The summed E-state index contributed by atoms with van der Waals surface area (Å²) in [5, 5.41) is 0. The van der Waals surface area contributed by atoms with Crippen molar-refractivity contribution in [1.82, 2.24) is 0 Å². The van der Waals surface area contributed by atoms with Gasteiger partial charge < -0.3 is 14.2 Å². The van der Waals surface area contributed by atoms with E-state index in [4.69, 9.17) is 14.2 Å². The van der Waals surface area contributed by atoms with E-state index in [9.17, 15) is 14.4 Å². The van der Waals surface area contributed by atoms with Crippen molar-refractivity contribution in [2.24, 2.45) is 0 Å². The Morgan fingerprint density at radius 2 is 0.481 bits per heavy atom. The number of unbranched alkanes of at least 4 members (excludes halogenated alkanes) is 39. The van der Waals surface area contributed by atoms with Gasteiger partial charge in [-0.15, -0.1) is 0 Å². The van der Waals surface area contributed by atoms with Gasteiger partial charge >= 0.3 is 17.9 Å².